The van der Waals surface area contributed by atoms with E-state index in [1.54, 1.807) is 0 Å². The van der Waals surface area contributed by atoms with Gasteiger partial charge in [-0.05, 0) is 24.4 Å². The molecule has 1 fully saturated rings. The first-order valence-corrected chi connectivity index (χ1v) is 5.79. The van der Waals surface area contributed by atoms with Crippen molar-refractivity contribution in [2.24, 2.45) is 5.92 Å². The number of ketones is 1. The first kappa shape index (κ1) is 9.77. The normalized spacial score (nSPS) is 16.2. The maximum Gasteiger partial charge on any atom is 0.145 e. The lowest BCUT2D eigenvalue weighted by Crippen LogP contribution is -2.09. The molecule has 1 aromatic heterocycles. The van der Waals surface area contributed by atoms with Crippen LogP contribution in [0.1, 0.15) is 43.4 Å². The van der Waals surface area contributed by atoms with E-state index in [4.69, 9.17) is 0 Å². The fraction of sp³-hybridized carbons (Fsp3) is 0.700. The average molecular weight is 210 g/mol. The SMILES string of the molecule is CC(C)C(=O)Cc1nc(C2CC2)ns1. The largest absolute Gasteiger partial charge is 0.299 e. The van der Waals surface area contributed by atoms with Gasteiger partial charge in [0.1, 0.15) is 16.6 Å². The van der Waals surface area contributed by atoms with Crippen LogP contribution in [-0.2, 0) is 11.2 Å². The van der Waals surface area contributed by atoms with Crippen LogP contribution in [0.2, 0.25) is 0 Å². The topological polar surface area (TPSA) is 42.9 Å². The summed E-state index contributed by atoms with van der Waals surface area (Å²) < 4.78 is 4.27. The van der Waals surface area contributed by atoms with Crippen LogP contribution in [0, 0.1) is 5.92 Å². The highest BCUT2D eigenvalue weighted by molar-refractivity contribution is 7.05. The standard InChI is InChI=1S/C10H14N2OS/c1-6(2)8(13)5-9-11-10(12-14-9)7-3-4-7/h6-7H,3-5H2,1-2H3. The zero-order chi connectivity index (χ0) is 10.1. The summed E-state index contributed by atoms with van der Waals surface area (Å²) >= 11 is 1.38. The van der Waals surface area contributed by atoms with Crippen molar-refractivity contribution >= 4 is 17.3 Å². The molecule has 0 amide bonds. The Morgan fingerprint density at radius 2 is 2.29 bits per heavy atom. The van der Waals surface area contributed by atoms with Gasteiger partial charge in [-0.1, -0.05) is 13.8 Å². The van der Waals surface area contributed by atoms with Crippen LogP contribution in [0.25, 0.3) is 0 Å². The fourth-order valence-electron chi connectivity index (χ4n) is 1.20. The second-order valence-electron chi connectivity index (χ2n) is 4.12. The van der Waals surface area contributed by atoms with Crippen LogP contribution in [-0.4, -0.2) is 15.1 Å². The van der Waals surface area contributed by atoms with E-state index in [9.17, 15) is 4.79 Å². The van der Waals surface area contributed by atoms with Crippen molar-refractivity contribution in [3.05, 3.63) is 10.8 Å². The Bertz CT molecular complexity index is 342. The second-order valence-corrected chi connectivity index (χ2v) is 4.95. The second kappa shape index (κ2) is 3.77. The van der Waals surface area contributed by atoms with Gasteiger partial charge >= 0.3 is 0 Å². The van der Waals surface area contributed by atoms with Gasteiger partial charge in [-0.2, -0.15) is 4.37 Å². The van der Waals surface area contributed by atoms with Gasteiger partial charge in [0.15, 0.2) is 0 Å². The molecule has 0 bridgehead atoms. The number of carbonyl (C=O) groups is 1. The molecule has 0 N–H and O–H groups in total. The third kappa shape index (κ3) is 2.18. The first-order valence-electron chi connectivity index (χ1n) is 5.02. The zero-order valence-electron chi connectivity index (χ0n) is 8.49. The maximum atomic E-state index is 11.4. The summed E-state index contributed by atoms with van der Waals surface area (Å²) in [4.78, 5) is 15.8. The van der Waals surface area contributed by atoms with E-state index in [-0.39, 0.29) is 11.7 Å². The van der Waals surface area contributed by atoms with E-state index in [1.165, 1.54) is 24.4 Å². The predicted molar refractivity (Wildman–Crippen MR) is 55.4 cm³/mol. The average Bonchev–Trinajstić information content (AvgIpc) is 2.88. The zero-order valence-corrected chi connectivity index (χ0v) is 9.30. The van der Waals surface area contributed by atoms with Crippen LogP contribution in [0.5, 0.6) is 0 Å². The lowest BCUT2D eigenvalue weighted by atomic mass is 10.1. The van der Waals surface area contributed by atoms with Crippen molar-refractivity contribution < 1.29 is 4.79 Å². The molecule has 1 aliphatic carbocycles. The quantitative estimate of drug-likeness (QED) is 0.765. The Labute approximate surface area is 87.7 Å². The molecule has 0 atom stereocenters. The molecule has 0 aromatic carbocycles. The molecule has 1 aliphatic rings. The number of hydrogen-bond acceptors (Lipinski definition) is 4. The lowest BCUT2D eigenvalue weighted by Gasteiger charge is -1.99. The Morgan fingerprint density at radius 1 is 1.57 bits per heavy atom. The number of hydrogen-bond donors (Lipinski definition) is 0. The van der Waals surface area contributed by atoms with Crippen molar-refractivity contribution in [1.29, 1.82) is 0 Å². The molecule has 1 aromatic rings. The van der Waals surface area contributed by atoms with Gasteiger partial charge in [0.05, 0.1) is 6.42 Å². The van der Waals surface area contributed by atoms with Crippen LogP contribution in [0.3, 0.4) is 0 Å². The minimum Gasteiger partial charge on any atom is -0.299 e. The molecule has 0 unspecified atom stereocenters. The Morgan fingerprint density at radius 3 is 2.86 bits per heavy atom. The van der Waals surface area contributed by atoms with Crippen LogP contribution < -0.4 is 0 Å². The highest BCUT2D eigenvalue weighted by Gasteiger charge is 2.28. The van der Waals surface area contributed by atoms with E-state index >= 15 is 0 Å². The number of nitrogens with zero attached hydrogens (tertiary/aromatic N) is 2. The smallest absolute Gasteiger partial charge is 0.145 e. The van der Waals surface area contributed by atoms with Crippen molar-refractivity contribution in [3.63, 3.8) is 0 Å². The molecule has 0 saturated heterocycles. The first-order chi connectivity index (χ1) is 6.66. The van der Waals surface area contributed by atoms with Gasteiger partial charge in [-0.25, -0.2) is 4.98 Å². The Balaban J connectivity index is 1.99. The molecule has 14 heavy (non-hydrogen) atoms. The summed E-state index contributed by atoms with van der Waals surface area (Å²) in [5.74, 6) is 1.91. The van der Waals surface area contributed by atoms with Crippen molar-refractivity contribution in [2.75, 3.05) is 0 Å². The molecule has 76 valence electrons. The highest BCUT2D eigenvalue weighted by Crippen LogP contribution is 2.38. The molecule has 2 rings (SSSR count). The van der Waals surface area contributed by atoms with E-state index in [0.29, 0.717) is 12.3 Å². The van der Waals surface area contributed by atoms with Crippen LogP contribution in [0.4, 0.5) is 0 Å². The van der Waals surface area contributed by atoms with E-state index in [1.807, 2.05) is 13.8 Å². The Kier molecular flexibility index (Phi) is 2.63. The van der Waals surface area contributed by atoms with Crippen LogP contribution in [0.15, 0.2) is 0 Å². The van der Waals surface area contributed by atoms with Gasteiger partial charge in [-0.15, -0.1) is 0 Å². The van der Waals surface area contributed by atoms with Crippen molar-refractivity contribution in [1.82, 2.24) is 9.36 Å². The van der Waals surface area contributed by atoms with Crippen molar-refractivity contribution in [2.45, 2.75) is 39.0 Å². The van der Waals surface area contributed by atoms with Gasteiger partial charge in [0.25, 0.3) is 0 Å². The lowest BCUT2D eigenvalue weighted by molar-refractivity contribution is -0.121. The van der Waals surface area contributed by atoms with Gasteiger partial charge in [0, 0.05) is 11.8 Å². The minimum absolute atomic E-state index is 0.100. The number of aromatic nitrogens is 2. The van der Waals surface area contributed by atoms with Crippen LogP contribution >= 0.6 is 11.5 Å². The third-order valence-electron chi connectivity index (χ3n) is 2.40. The summed E-state index contributed by atoms with van der Waals surface area (Å²) in [5.41, 5.74) is 0. The number of carbonyl (C=O) groups excluding carboxylic acids is 1. The molecule has 4 heteroatoms. The number of Topliss-reactive ketones (excluding diaryl/α,β-unsaturated/α-hetero) is 1. The molecule has 1 heterocycles. The summed E-state index contributed by atoms with van der Waals surface area (Å²) in [6, 6.07) is 0. The molecular formula is C10H14N2OS. The molecule has 0 aliphatic heterocycles. The van der Waals surface area contributed by atoms with Gasteiger partial charge in [-0.3, -0.25) is 4.79 Å². The molecule has 1 saturated carbocycles. The maximum absolute atomic E-state index is 11.4. The monoisotopic (exact) mass is 210 g/mol. The van der Waals surface area contributed by atoms with Gasteiger partial charge in [0.2, 0.25) is 0 Å². The van der Waals surface area contributed by atoms with Gasteiger partial charge < -0.3 is 0 Å². The van der Waals surface area contributed by atoms with E-state index in [0.717, 1.165) is 10.8 Å². The molecule has 0 spiro atoms. The number of rotatable bonds is 4. The molecule has 0 radical (unpaired) electrons. The Hall–Kier alpha value is -0.770. The minimum atomic E-state index is 0.100. The summed E-state index contributed by atoms with van der Waals surface area (Å²) in [5, 5.41) is 0.880. The summed E-state index contributed by atoms with van der Waals surface area (Å²) in [6.45, 7) is 3.84. The summed E-state index contributed by atoms with van der Waals surface area (Å²) in [6.07, 6.45) is 2.89. The molecule has 3 nitrogen and oxygen atoms in total. The molecular weight excluding hydrogens is 196 g/mol. The summed E-state index contributed by atoms with van der Waals surface area (Å²) in [7, 11) is 0. The highest BCUT2D eigenvalue weighted by atomic mass is 32.1. The predicted octanol–water partition coefficient (Wildman–Crippen LogP) is 2.18. The van der Waals surface area contributed by atoms with Crippen molar-refractivity contribution in [3.8, 4) is 0 Å². The third-order valence-corrected chi connectivity index (χ3v) is 3.12. The fourth-order valence-corrected chi connectivity index (χ4v) is 1.93. The van der Waals surface area contributed by atoms with E-state index < -0.39 is 0 Å². The van der Waals surface area contributed by atoms with E-state index in [2.05, 4.69) is 9.36 Å².